The van der Waals surface area contributed by atoms with Crippen LogP contribution < -0.4 is 0 Å². The van der Waals surface area contributed by atoms with Gasteiger partial charge in [0.15, 0.2) is 0 Å². The van der Waals surface area contributed by atoms with Gasteiger partial charge in [0.2, 0.25) is 0 Å². The van der Waals surface area contributed by atoms with E-state index in [4.69, 9.17) is 14.7 Å². The van der Waals surface area contributed by atoms with E-state index in [1.54, 1.807) is 0 Å². The molecule has 2 atom stereocenters. The zero-order valence-corrected chi connectivity index (χ0v) is 11.8. The summed E-state index contributed by atoms with van der Waals surface area (Å²) in [6, 6.07) is 0. The first kappa shape index (κ1) is 17.8. The van der Waals surface area contributed by atoms with Crippen molar-refractivity contribution in [3.05, 3.63) is 12.8 Å². The molecule has 108 valence electrons. The van der Waals surface area contributed by atoms with Crippen LogP contribution in [-0.2, 0) is 22.7 Å². The van der Waals surface area contributed by atoms with Crippen LogP contribution in [0.3, 0.4) is 0 Å². The highest BCUT2D eigenvalue weighted by atomic mass is 31.2. The SMILES string of the molecule is C=COP(=O)(O)OCC(CCC)COP(=O)(O)O. The highest BCUT2D eigenvalue weighted by Crippen LogP contribution is 2.44. The molecule has 0 amide bonds. The van der Waals surface area contributed by atoms with E-state index in [2.05, 4.69) is 20.2 Å². The second-order valence-electron chi connectivity index (χ2n) is 3.48. The van der Waals surface area contributed by atoms with E-state index in [0.717, 1.165) is 6.26 Å². The molecule has 0 aromatic carbocycles. The Balaban J connectivity index is 4.23. The van der Waals surface area contributed by atoms with E-state index in [-0.39, 0.29) is 13.2 Å². The smallest absolute Gasteiger partial charge is 0.413 e. The zero-order chi connectivity index (χ0) is 14.2. The van der Waals surface area contributed by atoms with Gasteiger partial charge in [-0.3, -0.25) is 13.9 Å². The van der Waals surface area contributed by atoms with Gasteiger partial charge < -0.3 is 14.3 Å². The molecule has 3 N–H and O–H groups in total. The second-order valence-corrected chi connectivity index (χ2v) is 6.12. The molecular weight excluding hydrogens is 286 g/mol. The lowest BCUT2D eigenvalue weighted by atomic mass is 10.1. The summed E-state index contributed by atoms with van der Waals surface area (Å²) >= 11 is 0. The molecule has 10 heteroatoms. The monoisotopic (exact) mass is 304 g/mol. The maximum atomic E-state index is 11.2. The first-order valence-corrected chi connectivity index (χ1v) is 8.19. The van der Waals surface area contributed by atoms with Crippen molar-refractivity contribution in [3.8, 4) is 0 Å². The van der Waals surface area contributed by atoms with Crippen molar-refractivity contribution in [2.45, 2.75) is 19.8 Å². The van der Waals surface area contributed by atoms with Gasteiger partial charge >= 0.3 is 15.6 Å². The first-order chi connectivity index (χ1) is 8.20. The van der Waals surface area contributed by atoms with Crippen LogP contribution in [0.4, 0.5) is 0 Å². The molecule has 2 unspecified atom stereocenters. The van der Waals surface area contributed by atoms with Crippen LogP contribution in [0.5, 0.6) is 0 Å². The molecule has 0 heterocycles. The molecule has 0 bridgehead atoms. The van der Waals surface area contributed by atoms with Gasteiger partial charge in [0.1, 0.15) is 0 Å². The van der Waals surface area contributed by atoms with Gasteiger partial charge in [-0.15, -0.1) is 0 Å². The Morgan fingerprint density at radius 3 is 2.22 bits per heavy atom. The largest absolute Gasteiger partial charge is 0.526 e. The Morgan fingerprint density at radius 1 is 1.22 bits per heavy atom. The Kier molecular flexibility index (Phi) is 7.98. The summed E-state index contributed by atoms with van der Waals surface area (Å²) < 4.78 is 34.9. The highest BCUT2D eigenvalue weighted by Gasteiger charge is 2.24. The summed E-state index contributed by atoms with van der Waals surface area (Å²) in [7, 11) is -8.76. The number of phosphoric acid groups is 2. The fraction of sp³-hybridized carbons (Fsp3) is 0.750. The van der Waals surface area contributed by atoms with Crippen molar-refractivity contribution in [1.29, 1.82) is 0 Å². The fourth-order valence-electron chi connectivity index (χ4n) is 1.15. The minimum Gasteiger partial charge on any atom is -0.413 e. The van der Waals surface area contributed by atoms with Gasteiger partial charge in [-0.25, -0.2) is 9.13 Å². The van der Waals surface area contributed by atoms with Gasteiger partial charge in [-0.2, -0.15) is 0 Å². The normalized spacial score (nSPS) is 16.9. The van der Waals surface area contributed by atoms with E-state index in [1.165, 1.54) is 0 Å². The number of phosphoric ester groups is 2. The highest BCUT2D eigenvalue weighted by molar-refractivity contribution is 7.47. The third kappa shape index (κ3) is 9.79. The molecule has 8 nitrogen and oxygen atoms in total. The number of hydrogen-bond donors (Lipinski definition) is 3. The third-order valence-corrected chi connectivity index (χ3v) is 3.23. The predicted molar refractivity (Wildman–Crippen MR) is 63.5 cm³/mol. The summed E-state index contributed by atoms with van der Waals surface area (Å²) in [6.07, 6.45) is 2.01. The Labute approximate surface area is 105 Å². The lowest BCUT2D eigenvalue weighted by Crippen LogP contribution is -2.15. The van der Waals surface area contributed by atoms with Gasteiger partial charge in [-0.1, -0.05) is 19.9 Å². The Bertz CT molecular complexity index is 338. The van der Waals surface area contributed by atoms with Crippen LogP contribution >= 0.6 is 15.6 Å². The van der Waals surface area contributed by atoms with Crippen LogP contribution in [0.25, 0.3) is 0 Å². The van der Waals surface area contributed by atoms with E-state index >= 15 is 0 Å². The second kappa shape index (κ2) is 8.07. The van der Waals surface area contributed by atoms with Crippen molar-refractivity contribution in [2.75, 3.05) is 13.2 Å². The van der Waals surface area contributed by atoms with Gasteiger partial charge in [0.25, 0.3) is 0 Å². The minimum atomic E-state index is -4.55. The van der Waals surface area contributed by atoms with Crippen LogP contribution in [0, 0.1) is 5.92 Å². The molecule has 0 radical (unpaired) electrons. The summed E-state index contributed by atoms with van der Waals surface area (Å²) in [4.78, 5) is 26.2. The van der Waals surface area contributed by atoms with Crippen molar-refractivity contribution in [3.63, 3.8) is 0 Å². The Morgan fingerprint density at radius 2 is 1.78 bits per heavy atom. The number of rotatable bonds is 10. The maximum absolute atomic E-state index is 11.2. The van der Waals surface area contributed by atoms with Gasteiger partial charge in [0.05, 0.1) is 19.5 Å². The van der Waals surface area contributed by atoms with Crippen molar-refractivity contribution >= 4 is 15.6 Å². The minimum absolute atomic E-state index is 0.213. The summed E-state index contributed by atoms with van der Waals surface area (Å²) in [5.74, 6) is -0.420. The third-order valence-electron chi connectivity index (χ3n) is 1.86. The van der Waals surface area contributed by atoms with Crippen LogP contribution in [-0.4, -0.2) is 27.9 Å². The molecule has 0 spiro atoms. The summed E-state index contributed by atoms with van der Waals surface area (Å²) in [5.41, 5.74) is 0. The average Bonchev–Trinajstić information content (AvgIpc) is 2.21. The molecule has 0 aromatic rings. The molecule has 0 saturated heterocycles. The van der Waals surface area contributed by atoms with E-state index < -0.39 is 21.6 Å². The summed E-state index contributed by atoms with van der Waals surface area (Å²) in [6.45, 7) is 4.48. The molecule has 18 heavy (non-hydrogen) atoms. The standard InChI is InChI=1S/C8H18O8P2/c1-3-5-8(6-15-17(9,10)11)7-16-18(12,13)14-4-2/h4,8H,2-3,5-7H2,1H3,(H,12,13)(H2,9,10,11). The molecule has 0 rings (SSSR count). The van der Waals surface area contributed by atoms with Crippen molar-refractivity contribution in [2.24, 2.45) is 5.92 Å². The fourth-order valence-corrected chi connectivity index (χ4v) is 2.20. The lowest BCUT2D eigenvalue weighted by Gasteiger charge is -2.18. The van der Waals surface area contributed by atoms with E-state index in [0.29, 0.717) is 12.8 Å². The average molecular weight is 304 g/mol. The molecular formula is C8H18O8P2. The zero-order valence-electron chi connectivity index (χ0n) is 9.97. The maximum Gasteiger partial charge on any atom is 0.526 e. The molecule has 0 saturated carbocycles. The van der Waals surface area contributed by atoms with E-state index in [9.17, 15) is 9.13 Å². The van der Waals surface area contributed by atoms with Crippen LogP contribution in [0.2, 0.25) is 0 Å². The summed E-state index contributed by atoms with van der Waals surface area (Å²) in [5, 5.41) is 0. The van der Waals surface area contributed by atoms with Crippen molar-refractivity contribution < 1.29 is 37.4 Å². The molecule has 0 fully saturated rings. The van der Waals surface area contributed by atoms with Gasteiger partial charge in [-0.05, 0) is 6.42 Å². The van der Waals surface area contributed by atoms with Gasteiger partial charge in [0, 0.05) is 5.92 Å². The predicted octanol–water partition coefficient (Wildman–Crippen LogP) is 1.79. The van der Waals surface area contributed by atoms with E-state index in [1.807, 2.05) is 6.92 Å². The molecule has 0 aliphatic heterocycles. The molecule has 0 aromatic heterocycles. The number of hydrogen-bond acceptors (Lipinski definition) is 5. The van der Waals surface area contributed by atoms with Crippen LogP contribution in [0.1, 0.15) is 19.8 Å². The van der Waals surface area contributed by atoms with Crippen molar-refractivity contribution in [1.82, 2.24) is 0 Å². The molecule has 0 aliphatic carbocycles. The first-order valence-electron chi connectivity index (χ1n) is 5.17. The Hall–Kier alpha value is -0.200. The van der Waals surface area contributed by atoms with Crippen LogP contribution in [0.15, 0.2) is 12.8 Å². The lowest BCUT2D eigenvalue weighted by molar-refractivity contribution is 0.111. The topological polar surface area (TPSA) is 123 Å². The quantitative estimate of drug-likeness (QED) is 0.412. The molecule has 0 aliphatic rings.